The number of halogens is 3. The summed E-state index contributed by atoms with van der Waals surface area (Å²) in [7, 11) is -3.87. The Balaban J connectivity index is 1.78. The SMILES string of the molecule is O=S1(=O)NCCN1c1c(O)cc2c(c1F)CC(NCCOC(F)F)CC2. The highest BCUT2D eigenvalue weighted by atomic mass is 32.2. The Morgan fingerprint density at radius 3 is 2.88 bits per heavy atom. The van der Waals surface area contributed by atoms with E-state index in [1.165, 1.54) is 6.07 Å². The fourth-order valence-corrected chi connectivity index (χ4v) is 4.62. The lowest BCUT2D eigenvalue weighted by molar-refractivity contribution is -0.127. The summed E-state index contributed by atoms with van der Waals surface area (Å²) in [4.78, 5) is 0. The van der Waals surface area contributed by atoms with Gasteiger partial charge in [0.1, 0.15) is 11.4 Å². The van der Waals surface area contributed by atoms with E-state index in [1.807, 2.05) is 0 Å². The normalized spacial score (nSPS) is 22.0. The van der Waals surface area contributed by atoms with E-state index in [4.69, 9.17) is 0 Å². The molecule has 1 unspecified atom stereocenters. The van der Waals surface area contributed by atoms with E-state index < -0.39 is 28.4 Å². The highest BCUT2D eigenvalue weighted by Crippen LogP contribution is 2.39. The molecule has 1 heterocycles. The maximum atomic E-state index is 15.0. The maximum Gasteiger partial charge on any atom is 0.345 e. The van der Waals surface area contributed by atoms with Crippen LogP contribution >= 0.6 is 0 Å². The number of ether oxygens (including phenoxy) is 1. The predicted molar refractivity (Wildman–Crippen MR) is 88.1 cm³/mol. The van der Waals surface area contributed by atoms with Gasteiger partial charge in [-0.15, -0.1) is 0 Å². The highest BCUT2D eigenvalue weighted by Gasteiger charge is 2.35. The van der Waals surface area contributed by atoms with Crippen LogP contribution in [-0.4, -0.2) is 52.4 Å². The molecule has 2 aliphatic rings. The summed E-state index contributed by atoms with van der Waals surface area (Å²) in [5.74, 6) is -1.17. The van der Waals surface area contributed by atoms with Crippen LogP contribution < -0.4 is 14.3 Å². The van der Waals surface area contributed by atoms with E-state index in [0.717, 1.165) is 4.31 Å². The van der Waals surface area contributed by atoms with Crippen LogP contribution in [0.25, 0.3) is 0 Å². The summed E-state index contributed by atoms with van der Waals surface area (Å²) in [6, 6.07) is 1.25. The smallest absolute Gasteiger partial charge is 0.345 e. The standard InChI is InChI=1S/C15H20F3N3O4S/c16-13-11-8-10(19-4-6-25-15(17)18)2-1-9(11)7-12(22)14(13)21-5-3-20-26(21,23)24/h7,10,15,19-20,22H,1-6,8H2. The van der Waals surface area contributed by atoms with Crippen LogP contribution in [0, 0.1) is 5.82 Å². The first-order valence-electron chi connectivity index (χ1n) is 8.23. The number of anilines is 1. The Labute approximate surface area is 149 Å². The molecule has 1 saturated heterocycles. The summed E-state index contributed by atoms with van der Waals surface area (Å²) < 4.78 is 70.2. The number of aryl methyl sites for hydroxylation is 1. The first-order valence-corrected chi connectivity index (χ1v) is 9.67. The molecule has 1 aliphatic carbocycles. The van der Waals surface area contributed by atoms with Gasteiger partial charge in [-0.25, -0.2) is 8.70 Å². The van der Waals surface area contributed by atoms with E-state index in [2.05, 4.69) is 14.8 Å². The van der Waals surface area contributed by atoms with E-state index in [1.54, 1.807) is 0 Å². The number of nitrogens with one attached hydrogen (secondary N) is 2. The molecular weight excluding hydrogens is 375 g/mol. The summed E-state index contributed by atoms with van der Waals surface area (Å²) in [6.07, 6.45) is 1.40. The van der Waals surface area contributed by atoms with Gasteiger partial charge in [0.25, 0.3) is 0 Å². The van der Waals surface area contributed by atoms with Gasteiger partial charge in [0, 0.05) is 25.7 Å². The fourth-order valence-electron chi connectivity index (χ4n) is 3.37. The quantitative estimate of drug-likeness (QED) is 0.622. The number of rotatable bonds is 6. The molecule has 1 atom stereocenters. The molecule has 26 heavy (non-hydrogen) atoms. The van der Waals surface area contributed by atoms with Crippen molar-refractivity contribution in [3.63, 3.8) is 0 Å². The van der Waals surface area contributed by atoms with Crippen LogP contribution in [0.3, 0.4) is 0 Å². The summed E-state index contributed by atoms with van der Waals surface area (Å²) >= 11 is 0. The average molecular weight is 395 g/mol. The zero-order chi connectivity index (χ0) is 18.9. The molecular formula is C15H20F3N3O4S. The van der Waals surface area contributed by atoms with Crippen LogP contribution in [0.5, 0.6) is 5.75 Å². The number of alkyl halides is 2. The van der Waals surface area contributed by atoms with Crippen molar-refractivity contribution in [2.75, 3.05) is 30.5 Å². The maximum absolute atomic E-state index is 15.0. The molecule has 1 aromatic carbocycles. The Morgan fingerprint density at radius 2 is 2.23 bits per heavy atom. The first-order chi connectivity index (χ1) is 12.3. The number of benzene rings is 1. The molecule has 146 valence electrons. The van der Waals surface area contributed by atoms with E-state index in [-0.39, 0.29) is 44.4 Å². The summed E-state index contributed by atoms with van der Waals surface area (Å²) in [6.45, 7) is -2.64. The zero-order valence-corrected chi connectivity index (χ0v) is 14.7. The largest absolute Gasteiger partial charge is 0.506 e. The van der Waals surface area contributed by atoms with Crippen molar-refractivity contribution >= 4 is 15.9 Å². The van der Waals surface area contributed by atoms with Gasteiger partial charge < -0.3 is 15.2 Å². The van der Waals surface area contributed by atoms with Gasteiger partial charge in [0.15, 0.2) is 5.82 Å². The lowest BCUT2D eigenvalue weighted by atomic mass is 9.87. The van der Waals surface area contributed by atoms with Gasteiger partial charge in [-0.2, -0.15) is 21.9 Å². The Kier molecular flexibility index (Phi) is 5.61. The van der Waals surface area contributed by atoms with Crippen molar-refractivity contribution in [1.82, 2.24) is 10.0 Å². The number of hydrogen-bond acceptors (Lipinski definition) is 5. The molecule has 1 aliphatic heterocycles. The van der Waals surface area contributed by atoms with E-state index in [0.29, 0.717) is 24.0 Å². The number of phenols is 1. The second-order valence-corrected chi connectivity index (χ2v) is 7.87. The number of phenolic OH excluding ortho intramolecular Hbond substituents is 1. The van der Waals surface area contributed by atoms with Gasteiger partial charge in [0.05, 0.1) is 6.61 Å². The van der Waals surface area contributed by atoms with Gasteiger partial charge in [-0.3, -0.25) is 0 Å². The van der Waals surface area contributed by atoms with Gasteiger partial charge in [-0.05, 0) is 36.5 Å². The van der Waals surface area contributed by atoms with Crippen LogP contribution in [-0.2, 0) is 27.8 Å². The second-order valence-electron chi connectivity index (χ2n) is 6.19. The molecule has 3 rings (SSSR count). The molecule has 0 saturated carbocycles. The van der Waals surface area contributed by atoms with E-state index >= 15 is 4.39 Å². The minimum atomic E-state index is -3.87. The molecule has 0 spiro atoms. The molecule has 1 aromatic rings. The highest BCUT2D eigenvalue weighted by molar-refractivity contribution is 7.91. The number of aromatic hydroxyl groups is 1. The Morgan fingerprint density at radius 1 is 1.46 bits per heavy atom. The van der Waals surface area contributed by atoms with Gasteiger partial charge in [-0.1, -0.05) is 0 Å². The third kappa shape index (κ3) is 3.90. The number of fused-ring (bicyclic) bond motifs is 1. The van der Waals surface area contributed by atoms with Crippen molar-refractivity contribution in [2.45, 2.75) is 31.9 Å². The van der Waals surface area contributed by atoms with Crippen molar-refractivity contribution in [3.8, 4) is 5.75 Å². The minimum Gasteiger partial charge on any atom is -0.506 e. The summed E-state index contributed by atoms with van der Waals surface area (Å²) in [5.41, 5.74) is 0.601. The third-order valence-electron chi connectivity index (χ3n) is 4.54. The zero-order valence-electron chi connectivity index (χ0n) is 13.8. The number of hydrogen-bond donors (Lipinski definition) is 3. The van der Waals surface area contributed by atoms with Crippen molar-refractivity contribution in [3.05, 3.63) is 23.0 Å². The summed E-state index contributed by atoms with van der Waals surface area (Å²) in [5, 5.41) is 13.2. The molecule has 7 nitrogen and oxygen atoms in total. The lowest BCUT2D eigenvalue weighted by Gasteiger charge is -2.28. The fraction of sp³-hybridized carbons (Fsp3) is 0.600. The lowest BCUT2D eigenvalue weighted by Crippen LogP contribution is -2.37. The van der Waals surface area contributed by atoms with Crippen molar-refractivity contribution in [2.24, 2.45) is 0 Å². The predicted octanol–water partition coefficient (Wildman–Crippen LogP) is 0.872. The second kappa shape index (κ2) is 7.59. The monoisotopic (exact) mass is 395 g/mol. The van der Waals surface area contributed by atoms with Crippen molar-refractivity contribution < 1.29 is 31.4 Å². The van der Waals surface area contributed by atoms with Crippen molar-refractivity contribution in [1.29, 1.82) is 0 Å². The van der Waals surface area contributed by atoms with Gasteiger partial charge in [0.2, 0.25) is 0 Å². The molecule has 11 heteroatoms. The number of nitrogens with zero attached hydrogens (tertiary/aromatic N) is 1. The van der Waals surface area contributed by atoms with Crippen LogP contribution in [0.15, 0.2) is 6.07 Å². The molecule has 0 aromatic heterocycles. The molecule has 0 radical (unpaired) electrons. The molecule has 1 fully saturated rings. The Hall–Kier alpha value is -1.56. The molecule has 0 bridgehead atoms. The van der Waals surface area contributed by atoms with Crippen LogP contribution in [0.1, 0.15) is 17.5 Å². The van der Waals surface area contributed by atoms with Crippen LogP contribution in [0.4, 0.5) is 18.9 Å². The average Bonchev–Trinajstić information content (AvgIpc) is 2.91. The molecule has 0 amide bonds. The van der Waals surface area contributed by atoms with Crippen LogP contribution in [0.2, 0.25) is 0 Å². The van der Waals surface area contributed by atoms with Gasteiger partial charge >= 0.3 is 16.8 Å². The third-order valence-corrected chi connectivity index (χ3v) is 6.06. The Bertz CT molecular complexity index is 776. The minimum absolute atomic E-state index is 0.0260. The van der Waals surface area contributed by atoms with E-state index in [9.17, 15) is 22.3 Å². The molecule has 3 N–H and O–H groups in total. The topological polar surface area (TPSA) is 90.9 Å². The first kappa shape index (κ1) is 19.2.